The SMILES string of the molecule is C=CCc1cc(C(=O)O)cc2c(=O)cc(-c3ccccn3)oc12. The molecule has 0 aliphatic rings. The maximum absolute atomic E-state index is 12.4. The Bertz CT molecular complexity index is 958. The van der Waals surface area contributed by atoms with Crippen LogP contribution in [0.4, 0.5) is 0 Å². The molecule has 2 heterocycles. The highest BCUT2D eigenvalue weighted by molar-refractivity contribution is 5.94. The van der Waals surface area contributed by atoms with Gasteiger partial charge in [0.2, 0.25) is 0 Å². The second kappa shape index (κ2) is 5.88. The van der Waals surface area contributed by atoms with Gasteiger partial charge >= 0.3 is 5.97 Å². The van der Waals surface area contributed by atoms with Gasteiger partial charge in [-0.05, 0) is 30.7 Å². The van der Waals surface area contributed by atoms with Gasteiger partial charge in [-0.15, -0.1) is 6.58 Å². The summed E-state index contributed by atoms with van der Waals surface area (Å²) < 4.78 is 5.84. The molecule has 0 aliphatic heterocycles. The van der Waals surface area contributed by atoms with Gasteiger partial charge in [-0.25, -0.2) is 4.79 Å². The van der Waals surface area contributed by atoms with Crippen LogP contribution in [0.5, 0.6) is 0 Å². The molecule has 3 aromatic rings. The first-order valence-corrected chi connectivity index (χ1v) is 6.96. The van der Waals surface area contributed by atoms with E-state index < -0.39 is 5.97 Å². The Hall–Kier alpha value is -3.21. The third kappa shape index (κ3) is 2.76. The summed E-state index contributed by atoms with van der Waals surface area (Å²) in [6.07, 6.45) is 3.64. The molecule has 114 valence electrons. The maximum Gasteiger partial charge on any atom is 0.335 e. The smallest absolute Gasteiger partial charge is 0.335 e. The minimum atomic E-state index is -1.09. The van der Waals surface area contributed by atoms with Crippen molar-refractivity contribution < 1.29 is 14.3 Å². The van der Waals surface area contributed by atoms with E-state index in [1.165, 1.54) is 18.2 Å². The summed E-state index contributed by atoms with van der Waals surface area (Å²) in [6, 6.07) is 9.46. The van der Waals surface area contributed by atoms with Gasteiger partial charge in [0.05, 0.1) is 10.9 Å². The number of nitrogens with zero attached hydrogens (tertiary/aromatic N) is 1. The van der Waals surface area contributed by atoms with Crippen molar-refractivity contribution >= 4 is 16.9 Å². The summed E-state index contributed by atoms with van der Waals surface area (Å²) in [5.41, 5.74) is 1.25. The van der Waals surface area contributed by atoms with Crippen LogP contribution in [-0.4, -0.2) is 16.1 Å². The molecule has 0 unspecified atom stereocenters. The fourth-order valence-electron chi connectivity index (χ4n) is 2.39. The van der Waals surface area contributed by atoms with E-state index in [-0.39, 0.29) is 16.4 Å². The van der Waals surface area contributed by atoms with E-state index in [0.29, 0.717) is 29.0 Å². The molecule has 2 aromatic heterocycles. The lowest BCUT2D eigenvalue weighted by Crippen LogP contribution is -2.06. The Morgan fingerprint density at radius 3 is 2.78 bits per heavy atom. The van der Waals surface area contributed by atoms with Gasteiger partial charge in [0.15, 0.2) is 11.2 Å². The molecule has 5 nitrogen and oxygen atoms in total. The zero-order valence-electron chi connectivity index (χ0n) is 12.2. The van der Waals surface area contributed by atoms with Gasteiger partial charge in [-0.3, -0.25) is 9.78 Å². The fourth-order valence-corrected chi connectivity index (χ4v) is 2.39. The summed E-state index contributed by atoms with van der Waals surface area (Å²) in [7, 11) is 0. The van der Waals surface area contributed by atoms with E-state index >= 15 is 0 Å². The molecule has 23 heavy (non-hydrogen) atoms. The number of carboxylic acid groups (broad SMARTS) is 1. The first kappa shape index (κ1) is 14.7. The van der Waals surface area contributed by atoms with E-state index in [1.807, 2.05) is 0 Å². The molecule has 3 rings (SSSR count). The summed E-state index contributed by atoms with van der Waals surface area (Å²) >= 11 is 0. The molecule has 1 N–H and O–H groups in total. The number of hydrogen-bond donors (Lipinski definition) is 1. The van der Waals surface area contributed by atoms with Gasteiger partial charge in [0.25, 0.3) is 0 Å². The molecule has 0 bridgehead atoms. The highest BCUT2D eigenvalue weighted by atomic mass is 16.4. The Morgan fingerprint density at radius 1 is 1.30 bits per heavy atom. The fraction of sp³-hybridized carbons (Fsp3) is 0.0556. The van der Waals surface area contributed by atoms with Crippen molar-refractivity contribution in [3.8, 4) is 11.5 Å². The second-order valence-corrected chi connectivity index (χ2v) is 5.00. The van der Waals surface area contributed by atoms with Gasteiger partial charge in [0.1, 0.15) is 11.3 Å². The Kier molecular flexibility index (Phi) is 3.76. The number of aromatic nitrogens is 1. The number of aromatic carboxylic acids is 1. The van der Waals surface area contributed by atoms with Crippen LogP contribution in [-0.2, 0) is 6.42 Å². The lowest BCUT2D eigenvalue weighted by atomic mass is 10.0. The minimum Gasteiger partial charge on any atom is -0.478 e. The average molecular weight is 307 g/mol. The third-order valence-corrected chi connectivity index (χ3v) is 3.43. The summed E-state index contributed by atoms with van der Waals surface area (Å²) in [6.45, 7) is 3.66. The lowest BCUT2D eigenvalue weighted by Gasteiger charge is -2.08. The van der Waals surface area contributed by atoms with Crippen molar-refractivity contribution in [1.29, 1.82) is 0 Å². The van der Waals surface area contributed by atoms with Crippen LogP contribution in [0.1, 0.15) is 15.9 Å². The topological polar surface area (TPSA) is 80.4 Å². The second-order valence-electron chi connectivity index (χ2n) is 5.00. The molecule has 0 saturated heterocycles. The van der Waals surface area contributed by atoms with Crippen molar-refractivity contribution in [3.05, 3.63) is 76.6 Å². The Labute approximate surface area is 131 Å². The lowest BCUT2D eigenvalue weighted by molar-refractivity contribution is 0.0697. The zero-order valence-corrected chi connectivity index (χ0v) is 12.2. The molecular weight excluding hydrogens is 294 g/mol. The molecule has 0 spiro atoms. The predicted molar refractivity (Wildman–Crippen MR) is 86.6 cm³/mol. The van der Waals surface area contributed by atoms with Crippen molar-refractivity contribution in [1.82, 2.24) is 4.98 Å². The zero-order chi connectivity index (χ0) is 16.4. The average Bonchev–Trinajstić information content (AvgIpc) is 2.56. The normalized spacial score (nSPS) is 10.6. The molecule has 0 radical (unpaired) electrons. The number of allylic oxidation sites excluding steroid dienone is 1. The number of benzene rings is 1. The van der Waals surface area contributed by atoms with E-state index in [1.54, 1.807) is 30.5 Å². The monoisotopic (exact) mass is 307 g/mol. The van der Waals surface area contributed by atoms with E-state index in [0.717, 1.165) is 0 Å². The van der Waals surface area contributed by atoms with Crippen LogP contribution in [0, 0.1) is 0 Å². The van der Waals surface area contributed by atoms with Crippen molar-refractivity contribution in [2.45, 2.75) is 6.42 Å². The number of rotatable bonds is 4. The standard InChI is InChI=1S/C18H13NO4/c1-2-5-11-8-12(18(21)22)9-13-15(20)10-16(23-17(11)13)14-6-3-4-7-19-14/h2-4,6-10H,1,5H2,(H,21,22). The van der Waals surface area contributed by atoms with Crippen LogP contribution >= 0.6 is 0 Å². The number of carbonyl (C=O) groups is 1. The van der Waals surface area contributed by atoms with E-state index in [9.17, 15) is 14.7 Å². The van der Waals surface area contributed by atoms with Crippen molar-refractivity contribution in [3.63, 3.8) is 0 Å². The van der Waals surface area contributed by atoms with Crippen LogP contribution in [0.15, 0.2) is 64.5 Å². The summed E-state index contributed by atoms with van der Waals surface area (Å²) in [4.78, 5) is 27.8. The number of carboxylic acids is 1. The first-order chi connectivity index (χ1) is 11.1. The van der Waals surface area contributed by atoms with Crippen LogP contribution in [0.2, 0.25) is 0 Å². The van der Waals surface area contributed by atoms with Crippen LogP contribution in [0.3, 0.4) is 0 Å². The van der Waals surface area contributed by atoms with Crippen LogP contribution in [0.25, 0.3) is 22.4 Å². The summed E-state index contributed by atoms with van der Waals surface area (Å²) in [5, 5.41) is 9.43. The number of pyridine rings is 1. The predicted octanol–water partition coefficient (Wildman–Crippen LogP) is 3.28. The van der Waals surface area contributed by atoms with Gasteiger partial charge < -0.3 is 9.52 Å². The molecule has 1 aromatic carbocycles. The number of hydrogen-bond acceptors (Lipinski definition) is 4. The van der Waals surface area contributed by atoms with Gasteiger partial charge in [0, 0.05) is 17.8 Å². The molecule has 0 atom stereocenters. The Morgan fingerprint density at radius 2 is 2.13 bits per heavy atom. The van der Waals surface area contributed by atoms with Gasteiger partial charge in [-0.1, -0.05) is 12.1 Å². The van der Waals surface area contributed by atoms with E-state index in [2.05, 4.69) is 11.6 Å². The molecule has 0 saturated carbocycles. The van der Waals surface area contributed by atoms with Crippen LogP contribution < -0.4 is 5.43 Å². The highest BCUT2D eigenvalue weighted by Gasteiger charge is 2.15. The minimum absolute atomic E-state index is 0.0484. The maximum atomic E-state index is 12.4. The van der Waals surface area contributed by atoms with Gasteiger partial charge in [-0.2, -0.15) is 0 Å². The Balaban J connectivity index is 2.33. The van der Waals surface area contributed by atoms with E-state index in [4.69, 9.17) is 4.42 Å². The number of fused-ring (bicyclic) bond motifs is 1. The highest BCUT2D eigenvalue weighted by Crippen LogP contribution is 2.25. The molecule has 0 amide bonds. The molecule has 0 fully saturated rings. The molecule has 5 heteroatoms. The largest absolute Gasteiger partial charge is 0.478 e. The summed E-state index contributed by atoms with van der Waals surface area (Å²) in [5.74, 6) is -0.748. The first-order valence-electron chi connectivity index (χ1n) is 6.96. The quantitative estimate of drug-likeness (QED) is 0.748. The van der Waals surface area contributed by atoms with Crippen molar-refractivity contribution in [2.24, 2.45) is 0 Å². The molecule has 0 aliphatic carbocycles. The third-order valence-electron chi connectivity index (χ3n) is 3.43. The molecular formula is C18H13NO4. The van der Waals surface area contributed by atoms with Crippen molar-refractivity contribution in [2.75, 3.05) is 0 Å².